The number of carbonyl (C=O) groups excluding carboxylic acids is 1. The van der Waals surface area contributed by atoms with Crippen LogP contribution in [0, 0.1) is 37.5 Å². The molecule has 5 rings (SSSR count). The summed E-state index contributed by atoms with van der Waals surface area (Å²) in [5.74, 6) is 1.20. The lowest BCUT2D eigenvalue weighted by molar-refractivity contribution is -0.141. The highest BCUT2D eigenvalue weighted by Gasteiger charge is 2.48. The number of anilines is 1. The van der Waals surface area contributed by atoms with Crippen LogP contribution in [0.4, 0.5) is 5.69 Å². The zero-order valence-electron chi connectivity index (χ0n) is 21.3. The van der Waals surface area contributed by atoms with E-state index in [1.54, 1.807) is 0 Å². The lowest BCUT2D eigenvalue weighted by Crippen LogP contribution is -2.26. The van der Waals surface area contributed by atoms with Crippen molar-refractivity contribution in [2.45, 2.75) is 90.4 Å². The molecule has 3 saturated carbocycles. The minimum absolute atomic E-state index is 0.113. The first-order valence-corrected chi connectivity index (χ1v) is 13.3. The molecule has 1 aromatic carbocycles. The highest BCUT2D eigenvalue weighted by atomic mass is 16.5. The van der Waals surface area contributed by atoms with Crippen molar-refractivity contribution in [3.8, 4) is 0 Å². The normalized spacial score (nSPS) is 28.2. The predicted molar refractivity (Wildman–Crippen MR) is 135 cm³/mol. The van der Waals surface area contributed by atoms with Crippen LogP contribution in [0.25, 0.3) is 0 Å². The van der Waals surface area contributed by atoms with Crippen molar-refractivity contribution in [1.29, 1.82) is 0 Å². The van der Waals surface area contributed by atoms with E-state index in [0.717, 1.165) is 59.9 Å². The minimum atomic E-state index is -0.830. The Labute approximate surface area is 207 Å². The number of carboxylic acid groups (broad SMARTS) is 1. The molecule has 3 atom stereocenters. The summed E-state index contributed by atoms with van der Waals surface area (Å²) in [6.07, 6.45) is 6.56. The zero-order valence-corrected chi connectivity index (χ0v) is 21.3. The number of amides is 1. The number of rotatable bonds is 8. The van der Waals surface area contributed by atoms with Crippen LogP contribution in [0.15, 0.2) is 22.7 Å². The molecule has 1 aromatic heterocycles. The third-order valence-corrected chi connectivity index (χ3v) is 8.42. The van der Waals surface area contributed by atoms with E-state index in [-0.39, 0.29) is 11.8 Å². The Hall–Kier alpha value is -2.63. The Balaban J connectivity index is 1.40. The molecule has 6 nitrogen and oxygen atoms in total. The summed E-state index contributed by atoms with van der Waals surface area (Å²) in [4.78, 5) is 25.4. The summed E-state index contributed by atoms with van der Waals surface area (Å²) in [7, 11) is 0. The van der Waals surface area contributed by atoms with Gasteiger partial charge in [-0.2, -0.15) is 0 Å². The van der Waals surface area contributed by atoms with Crippen LogP contribution in [-0.2, 0) is 9.59 Å². The average Bonchev–Trinajstić information content (AvgIpc) is 3.35. The summed E-state index contributed by atoms with van der Waals surface area (Å²) in [5, 5.41) is 17.5. The van der Waals surface area contributed by atoms with Gasteiger partial charge in [0.15, 0.2) is 0 Å². The van der Waals surface area contributed by atoms with Crippen LogP contribution < -0.4 is 5.32 Å². The fourth-order valence-electron chi connectivity index (χ4n) is 6.49. The number of aryl methyl sites for hydroxylation is 2. The molecule has 0 bridgehead atoms. The van der Waals surface area contributed by atoms with Crippen LogP contribution in [0.1, 0.15) is 105 Å². The molecule has 0 aliphatic heterocycles. The summed E-state index contributed by atoms with van der Waals surface area (Å²) in [6, 6.07) is 5.95. The van der Waals surface area contributed by atoms with Gasteiger partial charge in [-0.3, -0.25) is 9.59 Å². The minimum Gasteiger partial charge on any atom is -0.481 e. The van der Waals surface area contributed by atoms with E-state index in [0.29, 0.717) is 30.6 Å². The third kappa shape index (κ3) is 4.89. The van der Waals surface area contributed by atoms with Gasteiger partial charge in [-0.15, -0.1) is 0 Å². The van der Waals surface area contributed by atoms with Crippen LogP contribution in [0.2, 0.25) is 0 Å². The largest absolute Gasteiger partial charge is 0.481 e. The Bertz CT molecular complexity index is 1110. The second-order valence-corrected chi connectivity index (χ2v) is 11.8. The second-order valence-electron chi connectivity index (χ2n) is 11.8. The van der Waals surface area contributed by atoms with Gasteiger partial charge in [0.25, 0.3) is 0 Å². The van der Waals surface area contributed by atoms with Crippen molar-refractivity contribution in [3.63, 3.8) is 0 Å². The third-order valence-electron chi connectivity index (χ3n) is 8.42. The number of nitrogens with one attached hydrogen (secondary N) is 1. The maximum Gasteiger partial charge on any atom is 0.306 e. The monoisotopic (exact) mass is 478 g/mol. The lowest BCUT2D eigenvalue weighted by Gasteiger charge is -2.35. The average molecular weight is 479 g/mol. The number of hydrogen-bond acceptors (Lipinski definition) is 4. The number of hydrogen-bond donors (Lipinski definition) is 2. The molecule has 35 heavy (non-hydrogen) atoms. The van der Waals surface area contributed by atoms with Crippen molar-refractivity contribution in [2.75, 3.05) is 5.32 Å². The van der Waals surface area contributed by atoms with Crippen LogP contribution in [0.5, 0.6) is 0 Å². The fraction of sp³-hybridized carbons (Fsp3) is 0.621. The molecule has 1 heterocycles. The number of carbonyl (C=O) groups is 2. The lowest BCUT2D eigenvalue weighted by atomic mass is 9.69. The van der Waals surface area contributed by atoms with Gasteiger partial charge in [-0.05, 0) is 88.2 Å². The molecule has 1 unspecified atom stereocenters. The van der Waals surface area contributed by atoms with Gasteiger partial charge in [0.05, 0.1) is 11.6 Å². The van der Waals surface area contributed by atoms with Crippen LogP contribution in [0.3, 0.4) is 0 Å². The number of benzene rings is 1. The second kappa shape index (κ2) is 9.44. The summed E-state index contributed by atoms with van der Waals surface area (Å²) >= 11 is 0. The Morgan fingerprint density at radius 1 is 1.11 bits per heavy atom. The van der Waals surface area contributed by atoms with Gasteiger partial charge >= 0.3 is 5.97 Å². The van der Waals surface area contributed by atoms with Gasteiger partial charge in [0, 0.05) is 29.0 Å². The van der Waals surface area contributed by atoms with Crippen molar-refractivity contribution in [2.24, 2.45) is 23.7 Å². The highest BCUT2D eigenvalue weighted by Crippen LogP contribution is 2.55. The molecule has 6 heteroatoms. The van der Waals surface area contributed by atoms with E-state index < -0.39 is 17.8 Å². The first-order chi connectivity index (χ1) is 16.7. The number of aliphatic carboxylic acids is 1. The van der Waals surface area contributed by atoms with E-state index in [9.17, 15) is 14.7 Å². The molecule has 3 aliphatic rings. The van der Waals surface area contributed by atoms with Gasteiger partial charge in [0.1, 0.15) is 5.76 Å². The van der Waals surface area contributed by atoms with Crippen LogP contribution in [-0.4, -0.2) is 22.1 Å². The predicted octanol–water partition coefficient (Wildman–Crippen LogP) is 6.54. The van der Waals surface area contributed by atoms with E-state index in [1.807, 2.05) is 32.0 Å². The molecule has 0 saturated heterocycles. The first-order valence-electron chi connectivity index (χ1n) is 13.3. The first kappa shape index (κ1) is 24.1. The van der Waals surface area contributed by atoms with Gasteiger partial charge in [0.2, 0.25) is 5.91 Å². The number of aromatic nitrogens is 1. The van der Waals surface area contributed by atoms with Crippen molar-refractivity contribution < 1.29 is 19.2 Å². The van der Waals surface area contributed by atoms with Crippen molar-refractivity contribution >= 4 is 17.6 Å². The standard InChI is InChI=1S/C29H38N2O4/c1-15(2)9-18-11-20(12-18)27-25(19-6-7-19)26(31-35-27)22-13-21(29(33)34)14-23(22)28(32)30-24-8-5-16(3)10-17(24)4/h5,8,10,15,18-23H,6-7,9,11-14H2,1-4H3,(H,30,32)(H,33,34)/t18?,20?,21?,22-,23-/m1/s1. The highest BCUT2D eigenvalue weighted by molar-refractivity contribution is 5.94. The number of carboxylic acids is 1. The topological polar surface area (TPSA) is 92.4 Å². The Kier molecular flexibility index (Phi) is 6.49. The quantitative estimate of drug-likeness (QED) is 0.449. The SMILES string of the molecule is Cc1ccc(NC(=O)[C@@H]2CC(C(=O)O)C[C@H]2c2noc(C3CC(CC(C)C)C3)c2C2CC2)c(C)c1. The summed E-state index contributed by atoms with van der Waals surface area (Å²) in [6.45, 7) is 8.56. The van der Waals surface area contributed by atoms with E-state index in [1.165, 1.54) is 12.0 Å². The molecular weight excluding hydrogens is 440 g/mol. The Morgan fingerprint density at radius 2 is 1.86 bits per heavy atom. The van der Waals surface area contributed by atoms with E-state index >= 15 is 0 Å². The molecule has 1 amide bonds. The fourth-order valence-corrected chi connectivity index (χ4v) is 6.49. The van der Waals surface area contributed by atoms with E-state index in [2.05, 4.69) is 24.3 Å². The van der Waals surface area contributed by atoms with Gasteiger partial charge in [-0.25, -0.2) is 0 Å². The van der Waals surface area contributed by atoms with Crippen LogP contribution >= 0.6 is 0 Å². The molecule has 2 aromatic rings. The van der Waals surface area contributed by atoms with Gasteiger partial charge in [-0.1, -0.05) is 36.7 Å². The zero-order chi connectivity index (χ0) is 24.9. The maximum absolute atomic E-state index is 13.5. The molecule has 3 fully saturated rings. The summed E-state index contributed by atoms with van der Waals surface area (Å²) < 4.78 is 6.01. The van der Waals surface area contributed by atoms with Crippen molar-refractivity contribution in [1.82, 2.24) is 5.16 Å². The van der Waals surface area contributed by atoms with Crippen molar-refractivity contribution in [3.05, 3.63) is 46.3 Å². The molecule has 0 radical (unpaired) electrons. The maximum atomic E-state index is 13.5. The molecule has 2 N–H and O–H groups in total. The molecule has 3 aliphatic carbocycles. The molecule has 188 valence electrons. The molecular formula is C29H38N2O4. The van der Waals surface area contributed by atoms with E-state index in [4.69, 9.17) is 4.52 Å². The van der Waals surface area contributed by atoms with Gasteiger partial charge < -0.3 is 14.9 Å². The molecule has 0 spiro atoms. The smallest absolute Gasteiger partial charge is 0.306 e. The number of nitrogens with zero attached hydrogens (tertiary/aromatic N) is 1. The Morgan fingerprint density at radius 3 is 2.49 bits per heavy atom. The summed E-state index contributed by atoms with van der Waals surface area (Å²) in [5.41, 5.74) is 5.00.